The number of alkyl halides is 3. The first-order valence-corrected chi connectivity index (χ1v) is 14.0. The second kappa shape index (κ2) is 12.4. The number of amides is 1. The van der Waals surface area contributed by atoms with Gasteiger partial charge in [0.25, 0.3) is 5.91 Å². The molecule has 4 aromatic rings. The third-order valence-electron chi connectivity index (χ3n) is 7.31. The fourth-order valence-electron chi connectivity index (χ4n) is 5.08. The molecule has 0 saturated carbocycles. The summed E-state index contributed by atoms with van der Waals surface area (Å²) < 4.78 is 45.1. The zero-order chi connectivity index (χ0) is 30.9. The van der Waals surface area contributed by atoms with E-state index in [2.05, 4.69) is 15.3 Å². The number of halogens is 5. The molecule has 13 heteroatoms. The van der Waals surface area contributed by atoms with Gasteiger partial charge in [-0.05, 0) is 24.3 Å². The first-order valence-electron chi connectivity index (χ1n) is 13.2. The van der Waals surface area contributed by atoms with E-state index < -0.39 is 18.5 Å². The topological polar surface area (TPSA) is 89.3 Å². The fourth-order valence-corrected chi connectivity index (χ4v) is 5.68. The number of aromatic nitrogens is 3. The Hall–Kier alpha value is -3.93. The highest BCUT2D eigenvalue weighted by Crippen LogP contribution is 2.41. The lowest BCUT2D eigenvalue weighted by Crippen LogP contribution is -2.34. The van der Waals surface area contributed by atoms with Crippen molar-refractivity contribution in [2.24, 2.45) is 7.05 Å². The largest absolute Gasteiger partial charge is 0.496 e. The van der Waals surface area contributed by atoms with Crippen LogP contribution in [-0.4, -0.2) is 58.0 Å². The van der Waals surface area contributed by atoms with Crippen LogP contribution >= 0.6 is 23.2 Å². The van der Waals surface area contributed by atoms with Crippen molar-refractivity contribution in [2.45, 2.75) is 25.6 Å². The zero-order valence-electron chi connectivity index (χ0n) is 23.1. The van der Waals surface area contributed by atoms with E-state index >= 15 is 0 Å². The summed E-state index contributed by atoms with van der Waals surface area (Å²) in [6.07, 6.45) is -2.38. The second-order valence-electron chi connectivity index (χ2n) is 10.00. The molecule has 0 atom stereocenters. The number of hydrogen-bond acceptors (Lipinski definition) is 6. The van der Waals surface area contributed by atoms with E-state index in [4.69, 9.17) is 27.9 Å². The molecule has 0 spiro atoms. The van der Waals surface area contributed by atoms with Crippen molar-refractivity contribution < 1.29 is 27.5 Å². The minimum absolute atomic E-state index is 0.125. The van der Waals surface area contributed by atoms with Gasteiger partial charge < -0.3 is 14.6 Å². The Labute approximate surface area is 255 Å². The molecule has 1 N–H and O–H groups in total. The maximum absolute atomic E-state index is 13.3. The molecule has 0 bridgehead atoms. The van der Waals surface area contributed by atoms with Gasteiger partial charge in [0.05, 0.1) is 46.2 Å². The Morgan fingerprint density at radius 2 is 1.91 bits per heavy atom. The van der Waals surface area contributed by atoms with Crippen molar-refractivity contribution in [3.63, 3.8) is 0 Å². The van der Waals surface area contributed by atoms with Crippen molar-refractivity contribution >= 4 is 41.1 Å². The third-order valence-corrected chi connectivity index (χ3v) is 8.10. The Morgan fingerprint density at radius 1 is 1.14 bits per heavy atom. The van der Waals surface area contributed by atoms with Crippen LogP contribution in [0.5, 0.6) is 5.75 Å². The van der Waals surface area contributed by atoms with E-state index in [1.165, 1.54) is 7.11 Å². The van der Waals surface area contributed by atoms with Crippen molar-refractivity contribution in [1.29, 1.82) is 0 Å². The summed E-state index contributed by atoms with van der Waals surface area (Å²) in [6.45, 7) is 0.552. The van der Waals surface area contributed by atoms with Crippen LogP contribution < -0.4 is 10.1 Å². The molecule has 8 nitrogen and oxygen atoms in total. The van der Waals surface area contributed by atoms with E-state index in [1.54, 1.807) is 65.2 Å². The van der Waals surface area contributed by atoms with Crippen molar-refractivity contribution in [1.82, 2.24) is 19.4 Å². The van der Waals surface area contributed by atoms with Gasteiger partial charge in [-0.25, -0.2) is 4.98 Å². The molecular formula is C30H26Cl2F3N5O3. The average molecular weight is 632 g/mol. The van der Waals surface area contributed by atoms with Gasteiger partial charge in [-0.2, -0.15) is 13.2 Å². The van der Waals surface area contributed by atoms with Gasteiger partial charge in [0.1, 0.15) is 5.75 Å². The number of fused-ring (bicyclic) bond motifs is 1. The number of aldehydes is 1. The van der Waals surface area contributed by atoms with Crippen LogP contribution in [0.4, 0.5) is 18.9 Å². The number of carbonyl (C=O) groups excluding carboxylic acids is 2. The van der Waals surface area contributed by atoms with Crippen LogP contribution in [0.1, 0.15) is 38.8 Å². The van der Waals surface area contributed by atoms with E-state index in [-0.39, 0.29) is 23.9 Å². The lowest BCUT2D eigenvalue weighted by molar-refractivity contribution is -0.138. The molecule has 224 valence electrons. The van der Waals surface area contributed by atoms with Gasteiger partial charge in [0.2, 0.25) is 0 Å². The number of carbonyl (C=O) groups is 2. The first kappa shape index (κ1) is 30.5. The number of hydrogen-bond donors (Lipinski definition) is 1. The minimum Gasteiger partial charge on any atom is -0.496 e. The Morgan fingerprint density at radius 3 is 2.63 bits per heavy atom. The first-order chi connectivity index (χ1) is 20.5. The van der Waals surface area contributed by atoms with E-state index in [0.29, 0.717) is 69.4 Å². The molecule has 0 unspecified atom stereocenters. The molecular weight excluding hydrogens is 606 g/mol. The van der Waals surface area contributed by atoms with Gasteiger partial charge in [-0.1, -0.05) is 41.4 Å². The summed E-state index contributed by atoms with van der Waals surface area (Å²) in [5, 5.41) is 3.35. The lowest BCUT2D eigenvalue weighted by atomic mass is 10.0. The Bertz CT molecular complexity index is 1710. The number of benzene rings is 2. The average Bonchev–Trinajstić information content (AvgIpc) is 3.32. The number of rotatable bonds is 8. The number of ether oxygens (including phenoxy) is 1. The molecule has 3 heterocycles. The monoisotopic (exact) mass is 631 g/mol. The van der Waals surface area contributed by atoms with Gasteiger partial charge in [-0.3, -0.25) is 19.5 Å². The van der Waals surface area contributed by atoms with E-state index in [9.17, 15) is 22.8 Å². The summed E-state index contributed by atoms with van der Waals surface area (Å²) in [4.78, 5) is 35.2. The smallest absolute Gasteiger partial charge is 0.390 e. The van der Waals surface area contributed by atoms with E-state index in [0.717, 1.165) is 5.69 Å². The van der Waals surface area contributed by atoms with Crippen LogP contribution in [0.15, 0.2) is 48.7 Å². The highest BCUT2D eigenvalue weighted by atomic mass is 35.5. The Balaban J connectivity index is 1.39. The van der Waals surface area contributed by atoms with Gasteiger partial charge in [0.15, 0.2) is 12.1 Å². The van der Waals surface area contributed by atoms with Gasteiger partial charge >= 0.3 is 6.18 Å². The zero-order valence-corrected chi connectivity index (χ0v) is 24.6. The van der Waals surface area contributed by atoms with Gasteiger partial charge in [0, 0.05) is 61.7 Å². The van der Waals surface area contributed by atoms with Crippen LogP contribution in [0.2, 0.25) is 10.0 Å². The molecule has 0 aliphatic carbocycles. The van der Waals surface area contributed by atoms with Crippen LogP contribution in [0, 0.1) is 0 Å². The molecule has 2 aromatic heterocycles. The van der Waals surface area contributed by atoms with Crippen LogP contribution in [0.3, 0.4) is 0 Å². The molecule has 0 fully saturated rings. The van der Waals surface area contributed by atoms with Crippen LogP contribution in [0.25, 0.3) is 22.4 Å². The molecule has 1 amide bonds. The molecule has 5 rings (SSSR count). The molecule has 1 aliphatic rings. The number of nitrogens with zero attached hydrogens (tertiary/aromatic N) is 4. The number of methoxy groups -OCH3 is 1. The molecule has 2 aromatic carbocycles. The number of anilines is 1. The molecule has 43 heavy (non-hydrogen) atoms. The summed E-state index contributed by atoms with van der Waals surface area (Å²) in [7, 11) is 3.17. The molecule has 1 aliphatic heterocycles. The lowest BCUT2D eigenvalue weighted by Gasteiger charge is -2.26. The van der Waals surface area contributed by atoms with Crippen molar-refractivity contribution in [2.75, 3.05) is 25.5 Å². The highest BCUT2D eigenvalue weighted by Gasteiger charge is 2.31. The maximum Gasteiger partial charge on any atom is 0.390 e. The summed E-state index contributed by atoms with van der Waals surface area (Å²) in [6, 6.07) is 11.8. The predicted molar refractivity (Wildman–Crippen MR) is 158 cm³/mol. The number of pyridine rings is 1. The Kier molecular flexibility index (Phi) is 8.77. The normalized spacial score (nSPS) is 13.5. The quantitative estimate of drug-likeness (QED) is 0.214. The minimum atomic E-state index is -4.23. The number of nitrogens with one attached hydrogen (secondary N) is 1. The standard InChI is InChI=1S/C30H26Cl2F3N5O3/c1-39-23-9-12-40(13-10-30(33,34)35)15-22(23)37-28(39)29(42)38-21-5-3-4-19(25(21)31)20-8-11-36-27(26(20)32)17-6-7-18(16-41)24(14-17)43-2/h3-8,11,14,16H,9-10,12-13,15H2,1-2H3,(H,38,42). The number of imidazole rings is 1. The second-order valence-corrected chi connectivity index (χ2v) is 10.8. The van der Waals surface area contributed by atoms with Crippen molar-refractivity contribution in [3.05, 3.63) is 81.5 Å². The molecule has 0 saturated heterocycles. The van der Waals surface area contributed by atoms with Crippen LogP contribution in [-0.2, 0) is 20.0 Å². The SMILES string of the molecule is COc1cc(-c2nccc(-c3cccc(NC(=O)c4nc5c(n4C)CCN(CCC(F)(F)F)C5)c3Cl)c2Cl)ccc1C=O. The maximum atomic E-state index is 13.3. The fraction of sp³-hybridized carbons (Fsp3) is 0.267. The summed E-state index contributed by atoms with van der Waals surface area (Å²) >= 11 is 13.6. The third kappa shape index (κ3) is 6.39. The summed E-state index contributed by atoms with van der Waals surface area (Å²) in [5.74, 6) is -0.00810. The van der Waals surface area contributed by atoms with E-state index in [1.807, 2.05) is 0 Å². The molecule has 0 radical (unpaired) electrons. The van der Waals surface area contributed by atoms with Crippen molar-refractivity contribution in [3.8, 4) is 28.1 Å². The summed E-state index contributed by atoms with van der Waals surface area (Å²) in [5.41, 5.74) is 4.29. The van der Waals surface area contributed by atoms with Gasteiger partial charge in [-0.15, -0.1) is 0 Å². The highest BCUT2D eigenvalue weighted by molar-refractivity contribution is 6.39. The predicted octanol–water partition coefficient (Wildman–Crippen LogP) is 6.84.